The first-order chi connectivity index (χ1) is 14.6. The molecule has 2 fully saturated rings. The molecular formula is C23H26N2O5. The van der Waals surface area contributed by atoms with Crippen LogP contribution in [0.25, 0.3) is 0 Å². The number of ether oxygens (including phenoxy) is 2. The lowest BCUT2D eigenvalue weighted by Gasteiger charge is -2.33. The monoisotopic (exact) mass is 410 g/mol. The maximum Gasteiger partial charge on any atom is 0.294 e. The van der Waals surface area contributed by atoms with Crippen molar-refractivity contribution in [3.63, 3.8) is 0 Å². The van der Waals surface area contributed by atoms with Gasteiger partial charge in [-0.15, -0.1) is 12.3 Å². The van der Waals surface area contributed by atoms with Gasteiger partial charge < -0.3 is 19.3 Å². The first-order valence-electron chi connectivity index (χ1n) is 10.6. The third-order valence-corrected chi connectivity index (χ3v) is 5.87. The number of benzene rings is 1. The fourth-order valence-corrected chi connectivity index (χ4v) is 4.41. The smallest absolute Gasteiger partial charge is 0.294 e. The van der Waals surface area contributed by atoms with Gasteiger partial charge in [-0.2, -0.15) is 0 Å². The van der Waals surface area contributed by atoms with E-state index in [0.29, 0.717) is 63.4 Å². The molecule has 0 radical (unpaired) electrons. The van der Waals surface area contributed by atoms with Crippen LogP contribution in [0.2, 0.25) is 0 Å². The first-order valence-corrected chi connectivity index (χ1v) is 10.6. The van der Waals surface area contributed by atoms with Gasteiger partial charge in [0.15, 0.2) is 0 Å². The molecule has 1 spiro atoms. The molecular weight excluding hydrogens is 384 g/mol. The van der Waals surface area contributed by atoms with Crippen molar-refractivity contribution in [3.05, 3.63) is 29.3 Å². The minimum Gasteiger partial charge on any atom is -0.338 e. The van der Waals surface area contributed by atoms with Gasteiger partial charge in [-0.25, -0.2) is 0 Å². The first kappa shape index (κ1) is 20.6. The zero-order valence-electron chi connectivity index (χ0n) is 17.0. The van der Waals surface area contributed by atoms with E-state index in [1.807, 2.05) is 0 Å². The van der Waals surface area contributed by atoms with Crippen LogP contribution >= 0.6 is 0 Å². The Balaban J connectivity index is 1.74. The highest BCUT2D eigenvalue weighted by atomic mass is 16.7. The van der Waals surface area contributed by atoms with Crippen LogP contribution in [0.5, 0.6) is 0 Å². The molecule has 2 amide bonds. The molecule has 3 heterocycles. The molecule has 7 nitrogen and oxygen atoms in total. The lowest BCUT2D eigenvalue weighted by Crippen LogP contribution is -2.48. The highest BCUT2D eigenvalue weighted by Gasteiger charge is 2.56. The summed E-state index contributed by atoms with van der Waals surface area (Å²) in [4.78, 5) is 42.7. The molecule has 0 aromatic heterocycles. The van der Waals surface area contributed by atoms with Crippen molar-refractivity contribution < 1.29 is 23.9 Å². The Morgan fingerprint density at radius 1 is 1.10 bits per heavy atom. The largest absolute Gasteiger partial charge is 0.338 e. The fourth-order valence-electron chi connectivity index (χ4n) is 4.41. The lowest BCUT2D eigenvalue weighted by molar-refractivity contribution is -0.256. The molecule has 4 rings (SSSR count). The molecule has 0 unspecified atom stereocenters. The number of nitrogens with zero attached hydrogens (tertiary/aromatic N) is 2. The molecule has 0 atom stereocenters. The number of piperidine rings is 1. The molecule has 0 N–H and O–H groups in total. The van der Waals surface area contributed by atoms with E-state index in [-0.39, 0.29) is 11.5 Å². The van der Waals surface area contributed by atoms with E-state index < -0.39 is 17.5 Å². The van der Waals surface area contributed by atoms with Crippen LogP contribution in [0.15, 0.2) is 18.2 Å². The fraction of sp³-hybridized carbons (Fsp3) is 0.522. The second-order valence-corrected chi connectivity index (χ2v) is 7.81. The van der Waals surface area contributed by atoms with Gasteiger partial charge >= 0.3 is 0 Å². The van der Waals surface area contributed by atoms with E-state index in [9.17, 15) is 14.4 Å². The average Bonchev–Trinajstić information content (AvgIpc) is 3.02. The van der Waals surface area contributed by atoms with Gasteiger partial charge in [-0.1, -0.05) is 12.1 Å². The van der Waals surface area contributed by atoms with Crippen molar-refractivity contribution in [1.29, 1.82) is 0 Å². The lowest BCUT2D eigenvalue weighted by atomic mass is 9.95. The standard InChI is InChI=1S/C23H26N2O5/c1-2-3-5-14-25-18-11-8-10-17(20(26)21(27)24-12-6-4-7-13-24)19(18)23(22(25)28)29-15-9-16-30-23/h1,8,10-11H,3-7,9,12-16H2. The van der Waals surface area contributed by atoms with E-state index in [1.54, 1.807) is 28.0 Å². The molecule has 30 heavy (non-hydrogen) atoms. The van der Waals surface area contributed by atoms with Crippen LogP contribution in [0.4, 0.5) is 5.69 Å². The van der Waals surface area contributed by atoms with Crippen LogP contribution in [-0.4, -0.2) is 55.3 Å². The second kappa shape index (κ2) is 8.58. The normalized spacial score (nSPS) is 20.2. The van der Waals surface area contributed by atoms with Crippen LogP contribution < -0.4 is 4.90 Å². The molecule has 158 valence electrons. The molecule has 1 aromatic carbocycles. The van der Waals surface area contributed by atoms with Gasteiger partial charge in [0.1, 0.15) is 0 Å². The van der Waals surface area contributed by atoms with Gasteiger partial charge in [-0.05, 0) is 38.2 Å². The molecule has 0 aliphatic carbocycles. The predicted molar refractivity (Wildman–Crippen MR) is 110 cm³/mol. The van der Waals surface area contributed by atoms with Crippen molar-refractivity contribution in [2.24, 2.45) is 0 Å². The average molecular weight is 410 g/mol. The predicted octanol–water partition coefficient (Wildman–Crippen LogP) is 2.23. The number of hydrogen-bond acceptors (Lipinski definition) is 5. The van der Waals surface area contributed by atoms with E-state index in [4.69, 9.17) is 15.9 Å². The highest BCUT2D eigenvalue weighted by molar-refractivity contribution is 6.43. The number of ketones is 1. The summed E-state index contributed by atoms with van der Waals surface area (Å²) in [7, 11) is 0. The minimum absolute atomic E-state index is 0.178. The van der Waals surface area contributed by atoms with Gasteiger partial charge in [0.05, 0.1) is 24.5 Å². The van der Waals surface area contributed by atoms with Gasteiger partial charge in [0.2, 0.25) is 0 Å². The summed E-state index contributed by atoms with van der Waals surface area (Å²) in [6.07, 6.45) is 10.0. The number of likely N-dealkylation sites (tertiary alicyclic amines) is 1. The molecule has 3 aliphatic rings. The van der Waals surface area contributed by atoms with Gasteiger partial charge in [-0.3, -0.25) is 14.4 Å². The van der Waals surface area contributed by atoms with E-state index in [0.717, 1.165) is 19.3 Å². The Kier molecular flexibility index (Phi) is 5.89. The van der Waals surface area contributed by atoms with Crippen LogP contribution in [0.1, 0.15) is 54.4 Å². The number of fused-ring (bicyclic) bond motifs is 2. The summed E-state index contributed by atoms with van der Waals surface area (Å²) in [6.45, 7) is 2.23. The highest BCUT2D eigenvalue weighted by Crippen LogP contribution is 2.47. The Hall–Kier alpha value is -2.69. The topological polar surface area (TPSA) is 76.1 Å². The number of carbonyl (C=O) groups is 3. The van der Waals surface area contributed by atoms with Crippen LogP contribution in [-0.2, 0) is 24.8 Å². The zero-order chi connectivity index (χ0) is 21.1. The third-order valence-electron chi connectivity index (χ3n) is 5.87. The summed E-state index contributed by atoms with van der Waals surface area (Å²) in [5.41, 5.74) is 1.08. The number of amides is 2. The Morgan fingerprint density at radius 3 is 2.53 bits per heavy atom. The Bertz CT molecular complexity index is 891. The summed E-state index contributed by atoms with van der Waals surface area (Å²) in [5, 5.41) is 0. The van der Waals surface area contributed by atoms with Crippen LogP contribution in [0, 0.1) is 12.3 Å². The maximum absolute atomic E-state index is 13.4. The Morgan fingerprint density at radius 2 is 1.83 bits per heavy atom. The number of Topliss-reactive ketones (excluding diaryl/α,β-unsaturated/α-hetero) is 1. The van der Waals surface area contributed by atoms with E-state index in [1.165, 1.54) is 0 Å². The molecule has 3 aliphatic heterocycles. The Labute approximate surface area is 176 Å². The SMILES string of the molecule is C#CCCCN1C(=O)C2(OCCCO2)c2c(C(=O)C(=O)N3CCCCC3)cccc21. The second-order valence-electron chi connectivity index (χ2n) is 7.81. The molecule has 0 bridgehead atoms. The molecule has 1 aromatic rings. The summed E-state index contributed by atoms with van der Waals surface area (Å²) < 4.78 is 11.8. The van der Waals surface area contributed by atoms with Gasteiger partial charge in [0, 0.05) is 31.6 Å². The minimum atomic E-state index is -1.67. The summed E-state index contributed by atoms with van der Waals surface area (Å²) >= 11 is 0. The number of rotatable bonds is 5. The quantitative estimate of drug-likeness (QED) is 0.322. The maximum atomic E-state index is 13.4. The van der Waals surface area contributed by atoms with Crippen molar-refractivity contribution in [3.8, 4) is 12.3 Å². The van der Waals surface area contributed by atoms with Crippen LogP contribution in [0.3, 0.4) is 0 Å². The zero-order valence-corrected chi connectivity index (χ0v) is 17.0. The molecule has 0 saturated carbocycles. The molecule has 7 heteroatoms. The van der Waals surface area contributed by atoms with Crippen molar-refractivity contribution >= 4 is 23.3 Å². The number of anilines is 1. The van der Waals surface area contributed by atoms with Crippen molar-refractivity contribution in [1.82, 2.24) is 4.90 Å². The summed E-state index contributed by atoms with van der Waals surface area (Å²) in [5.74, 6) is -0.608. The molecule has 2 saturated heterocycles. The third kappa shape index (κ3) is 3.40. The number of hydrogen-bond donors (Lipinski definition) is 0. The summed E-state index contributed by atoms with van der Waals surface area (Å²) in [6, 6.07) is 5.05. The number of unbranched alkanes of at least 4 members (excludes halogenated alkanes) is 1. The number of terminal acetylenes is 1. The van der Waals surface area contributed by atoms with E-state index >= 15 is 0 Å². The van der Waals surface area contributed by atoms with Crippen molar-refractivity contribution in [2.75, 3.05) is 37.7 Å². The van der Waals surface area contributed by atoms with E-state index in [2.05, 4.69) is 5.92 Å². The number of carbonyl (C=O) groups excluding carboxylic acids is 3. The van der Waals surface area contributed by atoms with Crippen molar-refractivity contribution in [2.45, 2.75) is 44.3 Å². The van der Waals surface area contributed by atoms with Gasteiger partial charge in [0.25, 0.3) is 23.4 Å².